The Morgan fingerprint density at radius 3 is 2.41 bits per heavy atom. The summed E-state index contributed by atoms with van der Waals surface area (Å²) in [4.78, 5) is 10.6. The summed E-state index contributed by atoms with van der Waals surface area (Å²) in [5.41, 5.74) is 2.18. The number of hydrogen-bond donors (Lipinski definition) is 1. The average Bonchev–Trinajstić information content (AvgIpc) is 2.30. The highest BCUT2D eigenvalue weighted by Crippen LogP contribution is 2.30. The van der Waals surface area contributed by atoms with E-state index in [9.17, 15) is 4.79 Å². The first-order valence-corrected chi connectivity index (χ1v) is 5.61. The van der Waals surface area contributed by atoms with Crippen molar-refractivity contribution in [3.63, 3.8) is 0 Å². The fourth-order valence-electron chi connectivity index (χ4n) is 1.59. The van der Waals surface area contributed by atoms with Crippen LogP contribution in [0.3, 0.4) is 0 Å². The van der Waals surface area contributed by atoms with Gasteiger partial charge in [-0.2, -0.15) is 0 Å². The number of aryl methyl sites for hydroxylation is 1. The topological polar surface area (TPSA) is 47.6 Å². The molecule has 1 rings (SSSR count). The van der Waals surface area contributed by atoms with Gasteiger partial charge in [0.25, 0.3) is 0 Å². The van der Waals surface area contributed by atoms with Gasteiger partial charge in [0.05, 0.1) is 14.2 Å². The molecule has 0 saturated carbocycles. The Bertz CT molecular complexity index is 407. The van der Waals surface area contributed by atoms with Crippen LogP contribution >= 0.6 is 11.6 Å². The molecule has 0 radical (unpaired) electrons. The third-order valence-electron chi connectivity index (χ3n) is 2.50. The smallest absolute Gasteiger partial charge is 0.313 e. The van der Waals surface area contributed by atoms with Crippen LogP contribution in [0.4, 0.5) is 4.79 Å². The van der Waals surface area contributed by atoms with Gasteiger partial charge in [0.2, 0.25) is 0 Å². The van der Waals surface area contributed by atoms with Crippen molar-refractivity contribution >= 4 is 17.0 Å². The molecule has 0 atom stereocenters. The molecule has 5 heteroatoms. The Labute approximate surface area is 106 Å². The van der Waals surface area contributed by atoms with Crippen LogP contribution in [-0.2, 0) is 6.42 Å². The molecule has 1 aromatic carbocycles. The first kappa shape index (κ1) is 13.6. The van der Waals surface area contributed by atoms with E-state index in [4.69, 9.17) is 21.1 Å². The van der Waals surface area contributed by atoms with Gasteiger partial charge in [0.1, 0.15) is 0 Å². The molecule has 94 valence electrons. The number of amides is 1. The predicted octanol–water partition coefficient (Wildman–Crippen LogP) is 2.50. The molecule has 1 aromatic rings. The lowest BCUT2D eigenvalue weighted by Crippen LogP contribution is -2.19. The van der Waals surface area contributed by atoms with Crippen molar-refractivity contribution in [2.24, 2.45) is 0 Å². The Morgan fingerprint density at radius 2 is 1.88 bits per heavy atom. The van der Waals surface area contributed by atoms with Gasteiger partial charge in [0, 0.05) is 6.54 Å². The SMILES string of the molecule is COc1cc(C)c(CCNC(=O)Cl)cc1OC. The number of ether oxygens (including phenoxy) is 2. The highest BCUT2D eigenvalue weighted by Gasteiger charge is 2.08. The number of methoxy groups -OCH3 is 2. The highest BCUT2D eigenvalue weighted by molar-refractivity contribution is 6.62. The van der Waals surface area contributed by atoms with Crippen LogP contribution in [0.15, 0.2) is 12.1 Å². The van der Waals surface area contributed by atoms with Crippen molar-refractivity contribution in [1.29, 1.82) is 0 Å². The summed E-state index contributed by atoms with van der Waals surface area (Å²) in [5.74, 6) is 1.39. The minimum atomic E-state index is -0.539. The second kappa shape index (κ2) is 6.35. The van der Waals surface area contributed by atoms with E-state index in [0.29, 0.717) is 24.5 Å². The van der Waals surface area contributed by atoms with E-state index in [2.05, 4.69) is 5.32 Å². The number of hydrogen-bond acceptors (Lipinski definition) is 3. The van der Waals surface area contributed by atoms with Gasteiger partial charge in [-0.3, -0.25) is 4.79 Å². The Hall–Kier alpha value is -1.42. The van der Waals surface area contributed by atoms with Crippen LogP contribution < -0.4 is 14.8 Å². The van der Waals surface area contributed by atoms with Crippen LogP contribution in [0.1, 0.15) is 11.1 Å². The maximum absolute atomic E-state index is 10.6. The molecule has 0 fully saturated rings. The zero-order valence-corrected chi connectivity index (χ0v) is 10.9. The van der Waals surface area contributed by atoms with Gasteiger partial charge in [-0.15, -0.1) is 0 Å². The van der Waals surface area contributed by atoms with Gasteiger partial charge < -0.3 is 14.8 Å². The third-order valence-corrected chi connectivity index (χ3v) is 2.63. The first-order valence-electron chi connectivity index (χ1n) is 5.23. The van der Waals surface area contributed by atoms with Gasteiger partial charge in [-0.25, -0.2) is 0 Å². The Balaban J connectivity index is 2.81. The molecule has 0 aromatic heterocycles. The summed E-state index contributed by atoms with van der Waals surface area (Å²) in [6.07, 6.45) is 0.699. The molecule has 1 N–H and O–H groups in total. The van der Waals surface area contributed by atoms with Gasteiger partial charge in [0.15, 0.2) is 11.5 Å². The minimum absolute atomic E-state index is 0.499. The molecular weight excluding hydrogens is 242 g/mol. The van der Waals surface area contributed by atoms with Crippen LogP contribution in [-0.4, -0.2) is 26.1 Å². The standard InChI is InChI=1S/C12H16ClNO3/c1-8-6-10(16-2)11(17-3)7-9(8)4-5-14-12(13)15/h6-7H,4-5H2,1-3H3,(H,14,15). The summed E-state index contributed by atoms with van der Waals surface area (Å²) in [6.45, 7) is 2.48. The van der Waals surface area contributed by atoms with Crippen LogP contribution in [0.25, 0.3) is 0 Å². The normalized spacial score (nSPS) is 9.88. The molecule has 17 heavy (non-hydrogen) atoms. The predicted molar refractivity (Wildman–Crippen MR) is 67.2 cm³/mol. The van der Waals surface area contributed by atoms with Crippen molar-refractivity contribution in [1.82, 2.24) is 5.32 Å². The lowest BCUT2D eigenvalue weighted by molar-refractivity contribution is 0.260. The average molecular weight is 258 g/mol. The summed E-state index contributed by atoms with van der Waals surface area (Å²) in [7, 11) is 3.20. The third kappa shape index (κ3) is 3.82. The van der Waals surface area contributed by atoms with E-state index < -0.39 is 5.37 Å². The number of rotatable bonds is 5. The molecule has 0 heterocycles. The maximum atomic E-state index is 10.6. The highest BCUT2D eigenvalue weighted by atomic mass is 35.5. The van der Waals surface area contributed by atoms with Crippen LogP contribution in [0.5, 0.6) is 11.5 Å². The van der Waals surface area contributed by atoms with Gasteiger partial charge in [-0.1, -0.05) is 0 Å². The summed E-state index contributed by atoms with van der Waals surface area (Å²) in [5, 5.41) is 2.00. The van der Waals surface area contributed by atoms with Crippen molar-refractivity contribution in [2.75, 3.05) is 20.8 Å². The number of carbonyl (C=O) groups is 1. The van der Waals surface area contributed by atoms with Gasteiger partial charge in [-0.05, 0) is 48.2 Å². The molecule has 1 amide bonds. The number of halogens is 1. The molecule has 0 aliphatic carbocycles. The summed E-state index contributed by atoms with van der Waals surface area (Å²) >= 11 is 5.20. The zero-order chi connectivity index (χ0) is 12.8. The van der Waals surface area contributed by atoms with Gasteiger partial charge >= 0.3 is 5.37 Å². The fourth-order valence-corrected chi connectivity index (χ4v) is 1.68. The quantitative estimate of drug-likeness (QED) is 0.651. The molecular formula is C12H16ClNO3. The van der Waals surface area contributed by atoms with Crippen molar-refractivity contribution < 1.29 is 14.3 Å². The summed E-state index contributed by atoms with van der Waals surface area (Å²) in [6, 6.07) is 3.82. The zero-order valence-electron chi connectivity index (χ0n) is 10.2. The largest absolute Gasteiger partial charge is 0.493 e. The van der Waals surface area contributed by atoms with Crippen LogP contribution in [0.2, 0.25) is 0 Å². The molecule has 4 nitrogen and oxygen atoms in total. The second-order valence-corrected chi connectivity index (χ2v) is 3.93. The van der Waals surface area contributed by atoms with E-state index >= 15 is 0 Å². The molecule has 0 bridgehead atoms. The Morgan fingerprint density at radius 1 is 1.29 bits per heavy atom. The van der Waals surface area contributed by atoms with Crippen molar-refractivity contribution in [3.8, 4) is 11.5 Å². The lowest BCUT2D eigenvalue weighted by Gasteiger charge is -2.12. The summed E-state index contributed by atoms with van der Waals surface area (Å²) < 4.78 is 10.4. The Kier molecular flexibility index (Phi) is 5.10. The monoisotopic (exact) mass is 257 g/mol. The first-order chi connectivity index (χ1) is 8.08. The van der Waals surface area contributed by atoms with E-state index in [1.165, 1.54) is 0 Å². The van der Waals surface area contributed by atoms with E-state index in [0.717, 1.165) is 11.1 Å². The van der Waals surface area contributed by atoms with E-state index in [1.54, 1.807) is 14.2 Å². The number of benzene rings is 1. The second-order valence-electron chi connectivity index (χ2n) is 3.58. The van der Waals surface area contributed by atoms with E-state index in [1.807, 2.05) is 19.1 Å². The lowest BCUT2D eigenvalue weighted by atomic mass is 10.0. The van der Waals surface area contributed by atoms with Crippen molar-refractivity contribution in [2.45, 2.75) is 13.3 Å². The minimum Gasteiger partial charge on any atom is -0.493 e. The maximum Gasteiger partial charge on any atom is 0.313 e. The molecule has 0 saturated heterocycles. The van der Waals surface area contributed by atoms with E-state index in [-0.39, 0.29) is 0 Å². The molecule has 0 aliphatic rings. The number of nitrogens with one attached hydrogen (secondary N) is 1. The van der Waals surface area contributed by atoms with Crippen molar-refractivity contribution in [3.05, 3.63) is 23.3 Å². The molecule has 0 spiro atoms. The molecule has 0 unspecified atom stereocenters. The fraction of sp³-hybridized carbons (Fsp3) is 0.417. The number of carbonyl (C=O) groups excluding carboxylic acids is 1. The molecule has 0 aliphatic heterocycles. The van der Waals surface area contributed by atoms with Crippen LogP contribution in [0, 0.1) is 6.92 Å².